The fourth-order valence-electron chi connectivity index (χ4n) is 1.92. The number of rotatable bonds is 9. The maximum absolute atomic E-state index is 11.8. The van der Waals surface area contributed by atoms with Crippen LogP contribution in [0.3, 0.4) is 0 Å². The topological polar surface area (TPSA) is 86.6 Å². The Balaban J connectivity index is -0.000000551. The van der Waals surface area contributed by atoms with Gasteiger partial charge in [0.05, 0.1) is 5.56 Å². The Morgan fingerprint density at radius 1 is 1.09 bits per heavy atom. The van der Waals surface area contributed by atoms with Crippen LogP contribution in [0, 0.1) is 0 Å². The molecule has 1 amide bonds. The van der Waals surface area contributed by atoms with Crippen LogP contribution in [-0.4, -0.2) is 28.6 Å². The van der Waals surface area contributed by atoms with Crippen molar-refractivity contribution in [1.29, 1.82) is 0 Å². The molecule has 0 bridgehead atoms. The number of carbonyl (C=O) groups is 2. The summed E-state index contributed by atoms with van der Waals surface area (Å²) < 4.78 is 0. The van der Waals surface area contributed by atoms with E-state index in [9.17, 15) is 14.7 Å². The van der Waals surface area contributed by atoms with Crippen molar-refractivity contribution in [3.8, 4) is 5.75 Å². The van der Waals surface area contributed by atoms with Crippen molar-refractivity contribution < 1.29 is 81.8 Å². The number of nitrogens with one attached hydrogen (secondary N) is 1. The predicted molar refractivity (Wildman–Crippen MR) is 83.0 cm³/mol. The van der Waals surface area contributed by atoms with Crippen molar-refractivity contribution in [2.24, 2.45) is 0 Å². The van der Waals surface area contributed by atoms with Crippen molar-refractivity contribution in [2.75, 3.05) is 6.54 Å². The van der Waals surface area contributed by atoms with Gasteiger partial charge < -0.3 is 18.4 Å². The predicted octanol–water partition coefficient (Wildman–Crippen LogP) is -2.57. The van der Waals surface area contributed by atoms with Gasteiger partial charge >= 0.3 is 65.1 Å². The maximum atomic E-state index is 11.8. The number of carbonyl (C=O) groups excluding carboxylic acids is 1. The maximum Gasteiger partial charge on any atom is 1.00 e. The number of hydrogen-bond donors (Lipinski definition) is 3. The summed E-state index contributed by atoms with van der Waals surface area (Å²) in [6.45, 7) is 0.518. The van der Waals surface area contributed by atoms with Crippen LogP contribution in [0.15, 0.2) is 18.2 Å². The van der Waals surface area contributed by atoms with Crippen LogP contribution in [0.1, 0.15) is 51.7 Å². The van der Waals surface area contributed by atoms with Gasteiger partial charge in [-0.05, 0) is 31.0 Å². The molecule has 0 unspecified atom stereocenters. The third-order valence-electron chi connectivity index (χ3n) is 3.06. The molecule has 0 saturated heterocycles. The monoisotopic (exact) mass is 361 g/mol. The minimum absolute atomic E-state index is 0. The molecule has 3 N–H and O–H groups in total. The van der Waals surface area contributed by atoms with E-state index in [2.05, 4.69) is 5.32 Å². The van der Waals surface area contributed by atoms with Crippen LogP contribution in [0.2, 0.25) is 5.02 Å². The largest absolute Gasteiger partial charge is 1.00 e. The zero-order valence-corrected chi connectivity index (χ0v) is 18.5. The summed E-state index contributed by atoms with van der Waals surface area (Å²) in [5.74, 6) is -1.20. The Bertz CT molecular complexity index is 510. The molecule has 1 aromatic carbocycles. The molecule has 23 heavy (non-hydrogen) atoms. The average Bonchev–Trinajstić information content (AvgIpc) is 2.43. The molecule has 0 aliphatic carbocycles. The molecular formula is C15H22ClNNa2O4. The van der Waals surface area contributed by atoms with E-state index in [1.165, 1.54) is 18.2 Å². The molecule has 0 heterocycles. The molecule has 0 aromatic heterocycles. The van der Waals surface area contributed by atoms with Gasteiger partial charge in [-0.3, -0.25) is 9.59 Å². The van der Waals surface area contributed by atoms with Gasteiger partial charge in [-0.1, -0.05) is 30.9 Å². The standard InChI is InChI=1S/C15H20ClNO4.2Na.2H/c16-11-7-8-13(18)12(10-11)15(21)17-9-5-3-1-2-4-6-14(19)20;;;;/h7-8,10,18H,1-6,9H2,(H,17,21)(H,19,20);;;;/q;2*+1;2*-1. The first-order chi connectivity index (χ1) is 10.0. The Kier molecular flexibility index (Phi) is 16.2. The number of aromatic hydroxyl groups is 1. The Labute approximate surface area is 188 Å². The summed E-state index contributed by atoms with van der Waals surface area (Å²) >= 11 is 5.78. The fraction of sp³-hybridized carbons (Fsp3) is 0.467. The van der Waals surface area contributed by atoms with Gasteiger partial charge in [0, 0.05) is 18.0 Å². The SMILES string of the molecule is O=C(O)CCCCCCCNC(=O)c1cc(Cl)ccc1O.[H-].[H-].[Na+].[Na+]. The molecule has 0 atom stereocenters. The van der Waals surface area contributed by atoms with Gasteiger partial charge in [0.1, 0.15) is 5.75 Å². The summed E-state index contributed by atoms with van der Waals surface area (Å²) in [5.41, 5.74) is 0.170. The minimum Gasteiger partial charge on any atom is -1.00 e. The summed E-state index contributed by atoms with van der Waals surface area (Å²) in [4.78, 5) is 22.2. The van der Waals surface area contributed by atoms with E-state index >= 15 is 0 Å². The molecule has 1 rings (SSSR count). The van der Waals surface area contributed by atoms with Gasteiger partial charge in [0.2, 0.25) is 0 Å². The van der Waals surface area contributed by atoms with E-state index in [-0.39, 0.29) is 85.6 Å². The number of unbranched alkanes of at least 4 members (excludes halogenated alkanes) is 4. The van der Waals surface area contributed by atoms with E-state index in [0.717, 1.165) is 25.7 Å². The second kappa shape index (κ2) is 14.6. The molecule has 0 spiro atoms. The molecule has 0 saturated carbocycles. The van der Waals surface area contributed by atoms with E-state index in [1.807, 2.05) is 0 Å². The normalized spacial score (nSPS) is 9.43. The Morgan fingerprint density at radius 2 is 1.70 bits per heavy atom. The van der Waals surface area contributed by atoms with Crippen LogP contribution in [-0.2, 0) is 4.79 Å². The molecule has 120 valence electrons. The summed E-state index contributed by atoms with van der Waals surface area (Å²) in [6.07, 6.45) is 4.49. The van der Waals surface area contributed by atoms with Crippen molar-refractivity contribution in [1.82, 2.24) is 5.32 Å². The van der Waals surface area contributed by atoms with E-state index < -0.39 is 5.97 Å². The van der Waals surface area contributed by atoms with Crippen molar-refractivity contribution in [3.05, 3.63) is 28.8 Å². The zero-order chi connectivity index (χ0) is 15.7. The fourth-order valence-corrected chi connectivity index (χ4v) is 2.09. The number of aliphatic carboxylic acids is 1. The molecule has 1 aromatic rings. The van der Waals surface area contributed by atoms with Crippen LogP contribution in [0.5, 0.6) is 5.75 Å². The number of halogens is 1. The van der Waals surface area contributed by atoms with E-state index in [0.29, 0.717) is 18.0 Å². The van der Waals surface area contributed by atoms with Crippen LogP contribution >= 0.6 is 11.6 Å². The molecule has 0 fully saturated rings. The number of benzene rings is 1. The quantitative estimate of drug-likeness (QED) is 0.333. The molecule has 0 aliphatic rings. The third kappa shape index (κ3) is 11.4. The first-order valence-corrected chi connectivity index (χ1v) is 7.37. The number of phenols is 1. The van der Waals surface area contributed by atoms with Crippen LogP contribution < -0.4 is 64.4 Å². The summed E-state index contributed by atoms with van der Waals surface area (Å²) in [6, 6.07) is 4.34. The smallest absolute Gasteiger partial charge is 1.00 e. The Hall–Kier alpha value is 0.250. The third-order valence-corrected chi connectivity index (χ3v) is 3.29. The van der Waals surface area contributed by atoms with Crippen molar-refractivity contribution in [3.63, 3.8) is 0 Å². The number of carboxylic acids is 1. The van der Waals surface area contributed by atoms with Gasteiger partial charge in [-0.2, -0.15) is 0 Å². The first-order valence-electron chi connectivity index (χ1n) is 6.99. The minimum atomic E-state index is -0.761. The summed E-state index contributed by atoms with van der Waals surface area (Å²) in [5, 5.41) is 21.2. The molecule has 0 radical (unpaired) electrons. The van der Waals surface area contributed by atoms with Crippen LogP contribution in [0.25, 0.3) is 0 Å². The van der Waals surface area contributed by atoms with Crippen LogP contribution in [0.4, 0.5) is 0 Å². The van der Waals surface area contributed by atoms with Gasteiger partial charge in [-0.25, -0.2) is 0 Å². The number of amides is 1. The number of carboxylic acid groups (broad SMARTS) is 1. The molecular weight excluding hydrogens is 340 g/mol. The Morgan fingerprint density at radius 3 is 2.35 bits per heavy atom. The van der Waals surface area contributed by atoms with Gasteiger partial charge in [0.15, 0.2) is 0 Å². The molecule has 5 nitrogen and oxygen atoms in total. The number of phenolic OH excluding ortho intramolecular Hbond substituents is 1. The van der Waals surface area contributed by atoms with Gasteiger partial charge in [-0.15, -0.1) is 0 Å². The van der Waals surface area contributed by atoms with Crippen molar-refractivity contribution in [2.45, 2.75) is 38.5 Å². The summed E-state index contributed by atoms with van der Waals surface area (Å²) in [7, 11) is 0. The molecule has 8 heteroatoms. The first kappa shape index (κ1) is 25.5. The molecule has 0 aliphatic heterocycles. The second-order valence-electron chi connectivity index (χ2n) is 4.83. The average molecular weight is 362 g/mol. The zero-order valence-electron chi connectivity index (χ0n) is 15.8. The van der Waals surface area contributed by atoms with E-state index in [4.69, 9.17) is 16.7 Å². The number of hydrogen-bond acceptors (Lipinski definition) is 3. The second-order valence-corrected chi connectivity index (χ2v) is 5.27. The van der Waals surface area contributed by atoms with Gasteiger partial charge in [0.25, 0.3) is 5.91 Å². The van der Waals surface area contributed by atoms with Crippen molar-refractivity contribution >= 4 is 23.5 Å². The van der Waals surface area contributed by atoms with E-state index in [1.54, 1.807) is 0 Å².